The van der Waals surface area contributed by atoms with E-state index in [0.29, 0.717) is 17.1 Å². The van der Waals surface area contributed by atoms with Crippen molar-refractivity contribution >= 4 is 0 Å². The fourth-order valence-electron chi connectivity index (χ4n) is 1.06. The van der Waals surface area contributed by atoms with Crippen molar-refractivity contribution in [2.45, 2.75) is 6.92 Å². The second-order valence-corrected chi connectivity index (χ2v) is 2.36. The molecule has 0 aliphatic heterocycles. The lowest BCUT2D eigenvalue weighted by Crippen LogP contribution is -1.92. The molecule has 0 fully saturated rings. The Kier molecular flexibility index (Phi) is 2.03. The second-order valence-electron chi connectivity index (χ2n) is 2.36. The van der Waals surface area contributed by atoms with Gasteiger partial charge in [-0.1, -0.05) is 0 Å². The number of phenolic OH excluding ortho intramolecular Hbond substituents is 1. The number of aromatic hydroxyl groups is 1. The lowest BCUT2D eigenvalue weighted by molar-refractivity contribution is 0.360. The maximum atomic E-state index is 9.43. The van der Waals surface area contributed by atoms with E-state index in [2.05, 4.69) is 0 Å². The quantitative estimate of drug-likeness (QED) is 0.732. The summed E-state index contributed by atoms with van der Waals surface area (Å²) in [6.07, 6.45) is 0. The van der Waals surface area contributed by atoms with Gasteiger partial charge in [0, 0.05) is 5.56 Å². The molecule has 0 atom stereocenters. The maximum absolute atomic E-state index is 9.43. The Morgan fingerprint density at radius 1 is 1.42 bits per heavy atom. The zero-order valence-corrected chi connectivity index (χ0v) is 7.34. The van der Waals surface area contributed by atoms with Crippen molar-refractivity contribution < 1.29 is 16.0 Å². The molecule has 1 aromatic carbocycles. The molecule has 1 N–H and O–H groups in total. The van der Waals surface area contributed by atoms with E-state index in [0.717, 1.165) is 0 Å². The Bertz CT molecular complexity index is 323. The third kappa shape index (κ3) is 1.30. The summed E-state index contributed by atoms with van der Waals surface area (Å²) in [7, 11) is 2.96. The van der Waals surface area contributed by atoms with Gasteiger partial charge in [-0.25, -0.2) is 0 Å². The molecule has 0 spiro atoms. The smallest absolute Gasteiger partial charge is 0.167 e. The van der Waals surface area contributed by atoms with Gasteiger partial charge in [0.15, 0.2) is 11.5 Å². The fraction of sp³-hybridized carbons (Fsp3) is 0.333. The lowest BCUT2D eigenvalue weighted by Gasteiger charge is -2.10. The van der Waals surface area contributed by atoms with Gasteiger partial charge in [0.1, 0.15) is 5.75 Å². The molecule has 0 unspecified atom stereocenters. The predicted octanol–water partition coefficient (Wildman–Crippen LogP) is 1.72. The molecule has 0 aromatic heterocycles. The summed E-state index contributed by atoms with van der Waals surface area (Å²) < 4.78 is 17.4. The Morgan fingerprint density at radius 3 is 2.58 bits per heavy atom. The van der Waals surface area contributed by atoms with Crippen LogP contribution in [-0.4, -0.2) is 19.3 Å². The highest BCUT2D eigenvalue weighted by Crippen LogP contribution is 2.35. The van der Waals surface area contributed by atoms with Gasteiger partial charge in [0.25, 0.3) is 0 Å². The summed E-state index contributed by atoms with van der Waals surface area (Å²) in [5.41, 5.74) is 0.693. The van der Waals surface area contributed by atoms with E-state index in [9.17, 15) is 5.11 Å². The van der Waals surface area contributed by atoms with Crippen LogP contribution in [0.5, 0.6) is 17.2 Å². The Labute approximate surface area is 73.0 Å². The molecular formula is C9H12O3. The van der Waals surface area contributed by atoms with Crippen LogP contribution in [0.1, 0.15) is 6.93 Å². The topological polar surface area (TPSA) is 38.7 Å². The number of ether oxygens (including phenoxy) is 2. The molecule has 1 rings (SSSR count). The van der Waals surface area contributed by atoms with Crippen LogP contribution < -0.4 is 9.47 Å². The minimum absolute atomic E-state index is 0.000648. The van der Waals surface area contributed by atoms with Crippen LogP contribution in [0.4, 0.5) is 0 Å². The molecule has 0 heterocycles. The molecule has 0 radical (unpaired) electrons. The molecule has 0 saturated heterocycles. The van der Waals surface area contributed by atoms with Crippen molar-refractivity contribution in [1.82, 2.24) is 0 Å². The van der Waals surface area contributed by atoms with E-state index >= 15 is 0 Å². The summed E-state index contributed by atoms with van der Waals surface area (Å²) in [6.45, 7) is 1.76. The van der Waals surface area contributed by atoms with Crippen LogP contribution in [-0.2, 0) is 0 Å². The van der Waals surface area contributed by atoms with Crippen LogP contribution in [0.25, 0.3) is 0 Å². The van der Waals surface area contributed by atoms with Crippen molar-refractivity contribution in [2.24, 2.45) is 0 Å². The molecule has 3 heteroatoms. The first-order chi connectivity index (χ1) is 6.11. The highest BCUT2D eigenvalue weighted by molar-refractivity contribution is 5.52. The summed E-state index contributed by atoms with van der Waals surface area (Å²) in [5.74, 6) is 0.685. The Hall–Kier alpha value is -1.38. The highest BCUT2D eigenvalue weighted by atomic mass is 16.5. The highest BCUT2D eigenvalue weighted by Gasteiger charge is 2.09. The minimum atomic E-state index is -0.152. The number of hydrogen-bond acceptors (Lipinski definition) is 3. The third-order valence-corrected chi connectivity index (χ3v) is 1.69. The zero-order valence-electron chi connectivity index (χ0n) is 8.34. The van der Waals surface area contributed by atoms with Crippen LogP contribution in [0.2, 0.25) is 0 Å². The molecule has 0 amide bonds. The van der Waals surface area contributed by atoms with Gasteiger partial charge >= 0.3 is 0 Å². The Morgan fingerprint density at radius 2 is 2.08 bits per heavy atom. The Balaban J connectivity index is 3.39. The lowest BCUT2D eigenvalue weighted by atomic mass is 10.2. The number of hydrogen-bond donors (Lipinski definition) is 1. The van der Waals surface area contributed by atoms with Crippen molar-refractivity contribution in [2.75, 3.05) is 14.2 Å². The molecule has 3 nitrogen and oxygen atoms in total. The predicted molar refractivity (Wildman–Crippen MR) is 45.9 cm³/mol. The standard InChI is InChI=1S/C9H12O3/c1-6-8(11-2)5-4-7(10)9(6)12-3/h4-5,10H,1-3H3/i4D. The minimum Gasteiger partial charge on any atom is -0.504 e. The largest absolute Gasteiger partial charge is 0.504 e. The average Bonchev–Trinajstić information content (AvgIpc) is 2.12. The van der Waals surface area contributed by atoms with Crippen LogP contribution in [0.15, 0.2) is 12.1 Å². The van der Waals surface area contributed by atoms with Gasteiger partial charge in [-0.05, 0) is 19.0 Å². The average molecular weight is 169 g/mol. The van der Waals surface area contributed by atoms with Crippen molar-refractivity contribution in [3.8, 4) is 17.2 Å². The first-order valence-electron chi connectivity index (χ1n) is 4.03. The summed E-state index contributed by atoms with van der Waals surface area (Å²) >= 11 is 0. The monoisotopic (exact) mass is 169 g/mol. The van der Waals surface area contributed by atoms with E-state index in [-0.39, 0.29) is 11.8 Å². The van der Waals surface area contributed by atoms with Gasteiger partial charge in [0.05, 0.1) is 15.6 Å². The maximum Gasteiger partial charge on any atom is 0.167 e. The summed E-state index contributed by atoms with van der Waals surface area (Å²) in [6, 6.07) is 1.45. The van der Waals surface area contributed by atoms with Gasteiger partial charge in [-0.3, -0.25) is 0 Å². The molecule has 1 aromatic rings. The summed E-state index contributed by atoms with van der Waals surface area (Å²) in [5, 5.41) is 9.43. The molecule has 0 aliphatic rings. The molecule has 12 heavy (non-hydrogen) atoms. The van der Waals surface area contributed by atoms with E-state index < -0.39 is 0 Å². The SMILES string of the molecule is [2H]c1cc(OC)c(C)c(OC)c1O. The molecule has 0 saturated carbocycles. The van der Waals surface area contributed by atoms with Crippen LogP contribution >= 0.6 is 0 Å². The molecule has 66 valence electrons. The first-order valence-corrected chi connectivity index (χ1v) is 3.53. The zero-order chi connectivity index (χ0) is 10.0. The van der Waals surface area contributed by atoms with Gasteiger partial charge in [-0.2, -0.15) is 0 Å². The number of rotatable bonds is 2. The van der Waals surface area contributed by atoms with Crippen LogP contribution in [0.3, 0.4) is 0 Å². The van der Waals surface area contributed by atoms with Crippen LogP contribution in [0, 0.1) is 6.92 Å². The molecule has 0 bridgehead atoms. The van der Waals surface area contributed by atoms with Crippen molar-refractivity contribution in [1.29, 1.82) is 0 Å². The van der Waals surface area contributed by atoms with Gasteiger partial charge < -0.3 is 14.6 Å². The number of benzene rings is 1. The van der Waals surface area contributed by atoms with Crippen molar-refractivity contribution in [3.05, 3.63) is 17.7 Å². The number of phenols is 1. The fourth-order valence-corrected chi connectivity index (χ4v) is 1.06. The van der Waals surface area contributed by atoms with Crippen molar-refractivity contribution in [3.63, 3.8) is 0 Å². The molecular weight excluding hydrogens is 156 g/mol. The normalized spacial score (nSPS) is 10.8. The van der Waals surface area contributed by atoms with E-state index in [1.54, 1.807) is 6.92 Å². The number of methoxy groups -OCH3 is 2. The van der Waals surface area contributed by atoms with E-state index in [1.165, 1.54) is 20.3 Å². The van der Waals surface area contributed by atoms with Gasteiger partial charge in [0.2, 0.25) is 0 Å². The van der Waals surface area contributed by atoms with Gasteiger partial charge in [-0.15, -0.1) is 0 Å². The van der Waals surface area contributed by atoms with E-state index in [1.807, 2.05) is 0 Å². The molecule has 0 aliphatic carbocycles. The first kappa shape index (κ1) is 7.28. The third-order valence-electron chi connectivity index (χ3n) is 1.69. The second kappa shape index (κ2) is 3.34. The summed E-state index contributed by atoms with van der Waals surface area (Å²) in [4.78, 5) is 0. The van der Waals surface area contributed by atoms with E-state index in [4.69, 9.17) is 10.8 Å².